The van der Waals surface area contributed by atoms with Gasteiger partial charge in [0, 0.05) is 29.4 Å². The third-order valence-electron chi connectivity index (χ3n) is 7.65. The first-order valence-electron chi connectivity index (χ1n) is 11.8. The number of non-ortho nitro benzene ring substituents is 1. The molecule has 37 heavy (non-hydrogen) atoms. The van der Waals surface area contributed by atoms with Crippen molar-refractivity contribution in [3.63, 3.8) is 0 Å². The highest BCUT2D eigenvalue weighted by molar-refractivity contribution is 6.26. The van der Waals surface area contributed by atoms with E-state index in [9.17, 15) is 29.6 Å². The predicted octanol–water partition coefficient (Wildman–Crippen LogP) is 2.78. The third kappa shape index (κ3) is 3.19. The number of nitro groups is 1. The fourth-order valence-corrected chi connectivity index (χ4v) is 6.06. The number of amides is 3. The molecule has 10 nitrogen and oxygen atoms in total. The van der Waals surface area contributed by atoms with Gasteiger partial charge < -0.3 is 10.4 Å². The summed E-state index contributed by atoms with van der Waals surface area (Å²) in [6.07, 6.45) is 0.338. The smallest absolute Gasteiger partial charge is 0.269 e. The zero-order valence-electron chi connectivity index (χ0n) is 19.7. The Labute approximate surface area is 211 Å². The molecule has 0 aromatic heterocycles. The number of anilines is 2. The van der Waals surface area contributed by atoms with Crippen molar-refractivity contribution in [1.29, 1.82) is 0 Å². The van der Waals surface area contributed by atoms with Gasteiger partial charge in [0.2, 0.25) is 17.7 Å². The van der Waals surface area contributed by atoms with Crippen molar-refractivity contribution in [2.75, 3.05) is 10.2 Å². The molecule has 3 aromatic rings. The number of benzene rings is 3. The number of nitrogens with zero attached hydrogens (tertiary/aromatic N) is 2. The van der Waals surface area contributed by atoms with Gasteiger partial charge in [0.05, 0.1) is 22.4 Å². The molecule has 0 unspecified atom stereocenters. The highest BCUT2D eigenvalue weighted by atomic mass is 16.6. The molecule has 3 N–H and O–H groups in total. The monoisotopic (exact) mass is 498 g/mol. The van der Waals surface area contributed by atoms with Crippen molar-refractivity contribution < 1.29 is 24.4 Å². The van der Waals surface area contributed by atoms with Crippen LogP contribution in [0.4, 0.5) is 17.1 Å². The van der Waals surface area contributed by atoms with E-state index in [2.05, 4.69) is 10.6 Å². The van der Waals surface area contributed by atoms with Gasteiger partial charge in [-0.2, -0.15) is 0 Å². The van der Waals surface area contributed by atoms with Crippen LogP contribution in [-0.2, 0) is 26.3 Å². The number of carbonyl (C=O) groups is 3. The van der Waals surface area contributed by atoms with Crippen LogP contribution in [-0.4, -0.2) is 33.8 Å². The molecule has 0 saturated carbocycles. The molecule has 3 aliphatic rings. The van der Waals surface area contributed by atoms with Crippen LogP contribution in [0.3, 0.4) is 0 Å². The second-order valence-electron chi connectivity index (χ2n) is 9.67. The lowest BCUT2D eigenvalue weighted by Crippen LogP contribution is -2.53. The summed E-state index contributed by atoms with van der Waals surface area (Å²) in [6.45, 7) is 1.61. The highest BCUT2D eigenvalue weighted by Crippen LogP contribution is 2.54. The third-order valence-corrected chi connectivity index (χ3v) is 7.65. The minimum absolute atomic E-state index is 0.105. The number of imide groups is 1. The maximum atomic E-state index is 14.0. The lowest BCUT2D eigenvalue weighted by Gasteiger charge is -2.30. The Balaban J connectivity index is 1.48. The van der Waals surface area contributed by atoms with E-state index in [1.165, 1.54) is 18.2 Å². The molecule has 4 atom stereocenters. The first kappa shape index (κ1) is 22.9. The van der Waals surface area contributed by atoms with Crippen LogP contribution < -0.4 is 15.5 Å². The van der Waals surface area contributed by atoms with Gasteiger partial charge in [0.1, 0.15) is 11.3 Å². The molecule has 0 bridgehead atoms. The van der Waals surface area contributed by atoms with Crippen LogP contribution in [0, 0.1) is 28.9 Å². The van der Waals surface area contributed by atoms with E-state index < -0.39 is 46.1 Å². The molecule has 0 aliphatic carbocycles. The van der Waals surface area contributed by atoms with E-state index >= 15 is 0 Å². The fraction of sp³-hybridized carbons (Fsp3) is 0.222. The number of hydrogen-bond acceptors (Lipinski definition) is 7. The average molecular weight is 498 g/mol. The minimum Gasteiger partial charge on any atom is -0.508 e. The summed E-state index contributed by atoms with van der Waals surface area (Å²) < 4.78 is 0. The number of nitro benzene ring substituents is 1. The molecule has 2 fully saturated rings. The molecule has 3 aliphatic heterocycles. The topological polar surface area (TPSA) is 142 Å². The van der Waals surface area contributed by atoms with Gasteiger partial charge in [-0.05, 0) is 48.7 Å². The molecule has 3 amide bonds. The normalized spacial score (nSPS) is 25.9. The molecule has 10 heteroatoms. The SMILES string of the molecule is Cc1cc([N+](=O)[O-])ccc1N1C(=O)[C@@H]2[C@@H](C1=O)[C@@]1(N[C@@H]2Cc2ccc(O)cc2)C(=O)Nc2ccccc21. The van der Waals surface area contributed by atoms with E-state index in [1.807, 2.05) is 0 Å². The Morgan fingerprint density at radius 2 is 1.76 bits per heavy atom. The zero-order chi connectivity index (χ0) is 26.1. The number of phenolic OH excluding ortho intramolecular Hbond substituents is 1. The maximum absolute atomic E-state index is 14.0. The van der Waals surface area contributed by atoms with Gasteiger partial charge in [-0.1, -0.05) is 30.3 Å². The van der Waals surface area contributed by atoms with Gasteiger partial charge in [-0.3, -0.25) is 29.8 Å². The molecular weight excluding hydrogens is 476 g/mol. The number of aryl methyl sites for hydroxylation is 1. The molecule has 3 aromatic carbocycles. The van der Waals surface area contributed by atoms with Crippen molar-refractivity contribution in [1.82, 2.24) is 5.32 Å². The Morgan fingerprint density at radius 3 is 2.46 bits per heavy atom. The van der Waals surface area contributed by atoms with Gasteiger partial charge in [-0.25, -0.2) is 4.90 Å². The number of carbonyl (C=O) groups excluding carboxylic acids is 3. The number of aromatic hydroxyl groups is 1. The quantitative estimate of drug-likeness (QED) is 0.285. The molecule has 0 radical (unpaired) electrons. The van der Waals surface area contributed by atoms with Crippen LogP contribution in [0.15, 0.2) is 66.7 Å². The van der Waals surface area contributed by atoms with Crippen molar-refractivity contribution in [3.05, 3.63) is 93.5 Å². The first-order chi connectivity index (χ1) is 17.7. The Morgan fingerprint density at radius 1 is 1.03 bits per heavy atom. The van der Waals surface area contributed by atoms with E-state index in [4.69, 9.17) is 0 Å². The second-order valence-corrected chi connectivity index (χ2v) is 9.67. The molecule has 2 saturated heterocycles. The lowest BCUT2D eigenvalue weighted by atomic mass is 9.76. The van der Waals surface area contributed by atoms with E-state index in [-0.39, 0.29) is 17.1 Å². The van der Waals surface area contributed by atoms with E-state index in [0.717, 1.165) is 10.5 Å². The van der Waals surface area contributed by atoms with Crippen LogP contribution >= 0.6 is 0 Å². The molecule has 186 valence electrons. The fourth-order valence-electron chi connectivity index (χ4n) is 6.06. The Kier molecular flexibility index (Phi) is 4.93. The zero-order valence-corrected chi connectivity index (χ0v) is 19.7. The Hall–Kier alpha value is -4.57. The average Bonchev–Trinajstić information content (AvgIpc) is 3.45. The van der Waals surface area contributed by atoms with Gasteiger partial charge >= 0.3 is 0 Å². The molecule has 3 heterocycles. The second kappa shape index (κ2) is 7.97. The summed E-state index contributed by atoms with van der Waals surface area (Å²) in [5, 5.41) is 27.1. The molecule has 6 rings (SSSR count). The summed E-state index contributed by atoms with van der Waals surface area (Å²) in [5.41, 5.74) is 1.08. The van der Waals surface area contributed by atoms with Crippen LogP contribution in [0.1, 0.15) is 16.7 Å². The van der Waals surface area contributed by atoms with Gasteiger partial charge in [0.15, 0.2) is 0 Å². The summed E-state index contributed by atoms with van der Waals surface area (Å²) >= 11 is 0. The molecular formula is C27H22N4O6. The van der Waals surface area contributed by atoms with Gasteiger partial charge in [-0.15, -0.1) is 0 Å². The number of fused-ring (bicyclic) bond motifs is 4. The van der Waals surface area contributed by atoms with E-state index in [0.29, 0.717) is 23.2 Å². The van der Waals surface area contributed by atoms with Crippen LogP contribution in [0.25, 0.3) is 0 Å². The molecule has 1 spiro atoms. The maximum Gasteiger partial charge on any atom is 0.269 e. The van der Waals surface area contributed by atoms with Crippen molar-refractivity contribution >= 4 is 34.8 Å². The van der Waals surface area contributed by atoms with Crippen LogP contribution in [0.5, 0.6) is 5.75 Å². The number of para-hydroxylation sites is 1. The number of nitrogens with one attached hydrogen (secondary N) is 2. The number of hydrogen-bond donors (Lipinski definition) is 3. The summed E-state index contributed by atoms with van der Waals surface area (Å²) in [6, 6.07) is 17.1. The first-order valence-corrected chi connectivity index (χ1v) is 11.8. The predicted molar refractivity (Wildman–Crippen MR) is 133 cm³/mol. The van der Waals surface area contributed by atoms with Crippen molar-refractivity contribution in [2.45, 2.75) is 24.9 Å². The number of phenols is 1. The lowest BCUT2D eigenvalue weighted by molar-refractivity contribution is -0.384. The summed E-state index contributed by atoms with van der Waals surface area (Å²) in [5.74, 6) is -3.15. The van der Waals surface area contributed by atoms with Crippen molar-refractivity contribution in [2.24, 2.45) is 11.8 Å². The van der Waals surface area contributed by atoms with Crippen molar-refractivity contribution in [3.8, 4) is 5.75 Å². The van der Waals surface area contributed by atoms with Crippen LogP contribution in [0.2, 0.25) is 0 Å². The Bertz CT molecular complexity index is 1500. The standard InChI is InChI=1S/C27H22N4O6/c1-14-12-16(31(36)37)8-11-21(14)30-24(33)22-20(13-15-6-9-17(32)10-7-15)29-27(23(22)25(30)34)18-4-2-3-5-19(18)28-26(27)35/h2-12,20,22-23,29,32H,13H2,1H3,(H,28,35)/t20-,22+,23+,27-/m1/s1. The van der Waals surface area contributed by atoms with E-state index in [1.54, 1.807) is 55.5 Å². The largest absolute Gasteiger partial charge is 0.508 e. The minimum atomic E-state index is -1.45. The van der Waals surface area contributed by atoms with Gasteiger partial charge in [0.25, 0.3) is 5.69 Å². The summed E-state index contributed by atoms with van der Waals surface area (Å²) in [4.78, 5) is 53.3. The summed E-state index contributed by atoms with van der Waals surface area (Å²) in [7, 11) is 0. The number of rotatable bonds is 4. The highest BCUT2D eigenvalue weighted by Gasteiger charge is 2.70.